The second-order valence-electron chi connectivity index (χ2n) is 6.60. The molecule has 1 aromatic carbocycles. The minimum atomic E-state index is 0.652. The van der Waals surface area contributed by atoms with Gasteiger partial charge in [0.15, 0.2) is 0 Å². The Morgan fingerprint density at radius 1 is 1.12 bits per heavy atom. The fourth-order valence-electron chi connectivity index (χ4n) is 3.35. The molecule has 2 aromatic rings. The maximum absolute atomic E-state index is 5.85. The molecule has 5 heteroatoms. The lowest BCUT2D eigenvalue weighted by Crippen LogP contribution is -2.31. The summed E-state index contributed by atoms with van der Waals surface area (Å²) in [5.41, 5.74) is 3.67. The molecule has 1 aliphatic rings. The summed E-state index contributed by atoms with van der Waals surface area (Å²) in [6.07, 6.45) is 5.04. The Morgan fingerprint density at radius 2 is 1.96 bits per heavy atom. The van der Waals surface area contributed by atoms with Gasteiger partial charge < -0.3 is 9.47 Å². The minimum Gasteiger partial charge on any atom is -0.494 e. The molecule has 2 heterocycles. The van der Waals surface area contributed by atoms with Crippen molar-refractivity contribution in [2.24, 2.45) is 0 Å². The van der Waals surface area contributed by atoms with Crippen LogP contribution in [0.4, 0.5) is 0 Å². The van der Waals surface area contributed by atoms with E-state index in [1.54, 1.807) is 0 Å². The first-order chi connectivity index (χ1) is 12.7. The van der Waals surface area contributed by atoms with Crippen molar-refractivity contribution >= 4 is 0 Å². The molecule has 3 rings (SSSR count). The molecule has 0 aliphatic carbocycles. The molecule has 0 amide bonds. The number of fused-ring (bicyclic) bond motifs is 1. The zero-order valence-electron chi connectivity index (χ0n) is 16.1. The van der Waals surface area contributed by atoms with Crippen LogP contribution in [0, 0.1) is 0 Å². The topological polar surface area (TPSA) is 47.5 Å². The van der Waals surface area contributed by atoms with E-state index >= 15 is 0 Å². The molecule has 0 saturated carbocycles. The molecule has 0 unspecified atom stereocenters. The smallest absolute Gasteiger partial charge is 0.128 e. The predicted octanol–water partition coefficient (Wildman–Crippen LogP) is 3.78. The van der Waals surface area contributed by atoms with Crippen LogP contribution in [0.15, 0.2) is 24.4 Å². The Morgan fingerprint density at radius 3 is 2.73 bits per heavy atom. The minimum absolute atomic E-state index is 0.652. The highest BCUT2D eigenvalue weighted by Gasteiger charge is 2.20. The number of aryl methyl sites for hydroxylation is 1. The molecule has 0 bridgehead atoms. The summed E-state index contributed by atoms with van der Waals surface area (Å²) in [7, 11) is 0. The zero-order chi connectivity index (χ0) is 18.4. The monoisotopic (exact) mass is 355 g/mol. The number of aromatic nitrogens is 2. The normalized spacial score (nSPS) is 14.1. The summed E-state index contributed by atoms with van der Waals surface area (Å²) < 4.78 is 11.5. The third-order valence-corrected chi connectivity index (χ3v) is 4.58. The number of ether oxygens (including phenoxy) is 2. The first-order valence-electron chi connectivity index (χ1n) is 9.68. The van der Waals surface area contributed by atoms with Crippen LogP contribution in [-0.4, -0.2) is 34.6 Å². The van der Waals surface area contributed by atoms with E-state index in [1.807, 2.05) is 32.2 Å². The highest BCUT2D eigenvalue weighted by molar-refractivity contribution is 5.41. The quantitative estimate of drug-likeness (QED) is 0.721. The Hall–Kier alpha value is -2.14. The van der Waals surface area contributed by atoms with E-state index in [0.29, 0.717) is 13.2 Å². The van der Waals surface area contributed by atoms with Gasteiger partial charge in [0, 0.05) is 61.6 Å². The standard InChI is InChI=1S/C21H29N3O2/c1-4-7-21-22-13-17-15-24(11-10-19(17)23-21)14-16-8-9-18(25-5-2)12-20(16)26-6-3/h8-9,12-13H,4-7,10-11,14-15H2,1-3H3. The van der Waals surface area contributed by atoms with Crippen LogP contribution in [0.5, 0.6) is 11.5 Å². The van der Waals surface area contributed by atoms with E-state index in [2.05, 4.69) is 22.9 Å². The Kier molecular flexibility index (Phi) is 6.45. The number of hydrogen-bond donors (Lipinski definition) is 0. The molecular weight excluding hydrogens is 326 g/mol. The van der Waals surface area contributed by atoms with Gasteiger partial charge in [0.05, 0.1) is 13.2 Å². The average molecular weight is 355 g/mol. The second-order valence-corrected chi connectivity index (χ2v) is 6.60. The van der Waals surface area contributed by atoms with Gasteiger partial charge in [0.25, 0.3) is 0 Å². The van der Waals surface area contributed by atoms with E-state index < -0.39 is 0 Å². The van der Waals surface area contributed by atoms with Crippen molar-refractivity contribution in [3.63, 3.8) is 0 Å². The van der Waals surface area contributed by atoms with Crippen molar-refractivity contribution in [2.75, 3.05) is 19.8 Å². The van der Waals surface area contributed by atoms with Crippen LogP contribution in [0.3, 0.4) is 0 Å². The number of hydrogen-bond acceptors (Lipinski definition) is 5. The van der Waals surface area contributed by atoms with Gasteiger partial charge in [-0.15, -0.1) is 0 Å². The fourth-order valence-corrected chi connectivity index (χ4v) is 3.35. The molecule has 5 nitrogen and oxygen atoms in total. The van der Waals surface area contributed by atoms with Gasteiger partial charge in [-0.05, 0) is 26.3 Å². The van der Waals surface area contributed by atoms with Gasteiger partial charge in [-0.1, -0.05) is 13.0 Å². The summed E-state index contributed by atoms with van der Waals surface area (Å²) in [4.78, 5) is 11.7. The van der Waals surface area contributed by atoms with Crippen LogP contribution < -0.4 is 9.47 Å². The molecular formula is C21H29N3O2. The molecule has 0 radical (unpaired) electrons. The Bertz CT molecular complexity index is 733. The molecule has 26 heavy (non-hydrogen) atoms. The zero-order valence-corrected chi connectivity index (χ0v) is 16.1. The maximum Gasteiger partial charge on any atom is 0.128 e. The predicted molar refractivity (Wildman–Crippen MR) is 103 cm³/mol. The Labute approximate surface area is 156 Å². The molecule has 1 aliphatic heterocycles. The van der Waals surface area contributed by atoms with Crippen molar-refractivity contribution in [1.82, 2.24) is 14.9 Å². The lowest BCUT2D eigenvalue weighted by molar-refractivity contribution is 0.236. The van der Waals surface area contributed by atoms with Gasteiger partial charge in [-0.25, -0.2) is 9.97 Å². The summed E-state index contributed by atoms with van der Waals surface area (Å²) >= 11 is 0. The molecule has 1 aromatic heterocycles. The Balaban J connectivity index is 1.71. The molecule has 0 saturated heterocycles. The fraction of sp³-hybridized carbons (Fsp3) is 0.524. The van der Waals surface area contributed by atoms with Crippen LogP contribution in [0.1, 0.15) is 49.8 Å². The van der Waals surface area contributed by atoms with E-state index in [1.165, 1.54) is 16.8 Å². The average Bonchev–Trinajstić information content (AvgIpc) is 2.65. The van der Waals surface area contributed by atoms with Gasteiger partial charge in [0.2, 0.25) is 0 Å². The second kappa shape index (κ2) is 8.99. The van der Waals surface area contributed by atoms with Crippen LogP contribution in [-0.2, 0) is 25.9 Å². The van der Waals surface area contributed by atoms with Gasteiger partial charge in [-0.3, -0.25) is 4.90 Å². The summed E-state index contributed by atoms with van der Waals surface area (Å²) in [6, 6.07) is 6.14. The first-order valence-corrected chi connectivity index (χ1v) is 9.68. The highest BCUT2D eigenvalue weighted by Crippen LogP contribution is 2.28. The third-order valence-electron chi connectivity index (χ3n) is 4.58. The lowest BCUT2D eigenvalue weighted by atomic mass is 10.1. The van der Waals surface area contributed by atoms with Crippen LogP contribution >= 0.6 is 0 Å². The molecule has 140 valence electrons. The van der Waals surface area contributed by atoms with Crippen molar-refractivity contribution in [3.8, 4) is 11.5 Å². The van der Waals surface area contributed by atoms with Crippen molar-refractivity contribution in [1.29, 1.82) is 0 Å². The number of rotatable bonds is 8. The van der Waals surface area contributed by atoms with Gasteiger partial charge in [0.1, 0.15) is 17.3 Å². The van der Waals surface area contributed by atoms with E-state index in [4.69, 9.17) is 14.5 Å². The van der Waals surface area contributed by atoms with Crippen LogP contribution in [0.2, 0.25) is 0 Å². The van der Waals surface area contributed by atoms with Crippen LogP contribution in [0.25, 0.3) is 0 Å². The lowest BCUT2D eigenvalue weighted by Gasteiger charge is -2.28. The first kappa shape index (κ1) is 18.6. The number of benzene rings is 1. The van der Waals surface area contributed by atoms with Gasteiger partial charge in [-0.2, -0.15) is 0 Å². The van der Waals surface area contributed by atoms with Crippen molar-refractivity contribution < 1.29 is 9.47 Å². The maximum atomic E-state index is 5.85. The highest BCUT2D eigenvalue weighted by atomic mass is 16.5. The molecule has 0 spiro atoms. The molecule has 0 N–H and O–H groups in total. The molecule has 0 atom stereocenters. The number of nitrogens with zero attached hydrogens (tertiary/aromatic N) is 3. The summed E-state index contributed by atoms with van der Waals surface area (Å²) in [6.45, 7) is 10.2. The van der Waals surface area contributed by atoms with E-state index in [0.717, 1.165) is 56.2 Å². The third kappa shape index (κ3) is 4.52. The summed E-state index contributed by atoms with van der Waals surface area (Å²) in [5, 5.41) is 0. The molecule has 0 fully saturated rings. The van der Waals surface area contributed by atoms with Crippen molar-refractivity contribution in [3.05, 3.63) is 47.0 Å². The van der Waals surface area contributed by atoms with Crippen molar-refractivity contribution in [2.45, 2.75) is 53.1 Å². The van der Waals surface area contributed by atoms with E-state index in [-0.39, 0.29) is 0 Å². The van der Waals surface area contributed by atoms with E-state index in [9.17, 15) is 0 Å². The largest absolute Gasteiger partial charge is 0.494 e. The summed E-state index contributed by atoms with van der Waals surface area (Å²) in [5.74, 6) is 2.75. The van der Waals surface area contributed by atoms with Gasteiger partial charge >= 0.3 is 0 Å². The SMILES string of the molecule is CCCc1ncc2c(n1)CCN(Cc1ccc(OCC)cc1OCC)C2.